The van der Waals surface area contributed by atoms with Crippen LogP contribution in [0.3, 0.4) is 0 Å². The Morgan fingerprint density at radius 3 is 2.79 bits per heavy atom. The molecule has 0 fully saturated rings. The van der Waals surface area contributed by atoms with Gasteiger partial charge in [-0.2, -0.15) is 5.10 Å². The van der Waals surface area contributed by atoms with Crippen LogP contribution < -0.4 is 15.4 Å². The summed E-state index contributed by atoms with van der Waals surface area (Å²) in [5.41, 5.74) is 0.910. The highest BCUT2D eigenvalue weighted by Gasteiger charge is 2.31. The third-order valence-corrected chi connectivity index (χ3v) is 4.05. The van der Waals surface area contributed by atoms with Crippen molar-refractivity contribution in [1.29, 1.82) is 0 Å². The van der Waals surface area contributed by atoms with Crippen molar-refractivity contribution < 1.29 is 17.9 Å². The number of aromatic nitrogens is 2. The summed E-state index contributed by atoms with van der Waals surface area (Å²) < 4.78 is 42.3. The van der Waals surface area contributed by atoms with Crippen LogP contribution in [-0.4, -0.2) is 29.2 Å². The predicted molar refractivity (Wildman–Crippen MR) is 83.7 cm³/mol. The fourth-order valence-electron chi connectivity index (χ4n) is 2.74. The van der Waals surface area contributed by atoms with Gasteiger partial charge in [-0.05, 0) is 24.6 Å². The summed E-state index contributed by atoms with van der Waals surface area (Å²) >= 11 is 0. The summed E-state index contributed by atoms with van der Waals surface area (Å²) in [6, 6.07) is 7.92. The lowest BCUT2D eigenvalue weighted by Crippen LogP contribution is -2.36. The number of nitrogens with one attached hydrogen (secondary N) is 2. The van der Waals surface area contributed by atoms with E-state index in [1.54, 1.807) is 18.3 Å². The second-order valence-electron chi connectivity index (χ2n) is 5.89. The van der Waals surface area contributed by atoms with E-state index in [4.69, 9.17) is 0 Å². The van der Waals surface area contributed by atoms with Gasteiger partial charge in [0.1, 0.15) is 11.6 Å². The third kappa shape index (κ3) is 4.19. The number of hydrogen-bond acceptors (Lipinski definition) is 4. The van der Waals surface area contributed by atoms with Crippen LogP contribution in [0, 0.1) is 5.92 Å². The van der Waals surface area contributed by atoms with Crippen molar-refractivity contribution in [3.63, 3.8) is 0 Å². The molecule has 2 N–H and O–H groups in total. The molecule has 2 heterocycles. The summed E-state index contributed by atoms with van der Waals surface area (Å²) in [4.78, 5) is 0. The maximum absolute atomic E-state index is 12.2. The van der Waals surface area contributed by atoms with E-state index in [9.17, 15) is 13.2 Å². The molecule has 0 saturated carbocycles. The van der Waals surface area contributed by atoms with Crippen molar-refractivity contribution in [2.24, 2.45) is 5.92 Å². The van der Waals surface area contributed by atoms with Crippen LogP contribution in [0.1, 0.15) is 18.5 Å². The Labute approximate surface area is 137 Å². The van der Waals surface area contributed by atoms with E-state index in [-0.39, 0.29) is 11.8 Å². The highest BCUT2D eigenvalue weighted by Crippen LogP contribution is 2.24. The molecule has 24 heavy (non-hydrogen) atoms. The summed E-state index contributed by atoms with van der Waals surface area (Å²) in [5.74, 6) is 1.22. The molecule has 5 nitrogen and oxygen atoms in total. The first-order chi connectivity index (χ1) is 11.4. The molecule has 8 heteroatoms. The van der Waals surface area contributed by atoms with Crippen LogP contribution >= 0.6 is 0 Å². The van der Waals surface area contributed by atoms with Gasteiger partial charge in [-0.3, -0.25) is 0 Å². The Hall–Kier alpha value is -2.22. The molecule has 0 saturated heterocycles. The molecule has 2 aromatic rings. The van der Waals surface area contributed by atoms with E-state index < -0.39 is 6.36 Å². The zero-order valence-electron chi connectivity index (χ0n) is 13.2. The average Bonchev–Trinajstić information content (AvgIpc) is 2.99. The molecule has 0 aliphatic carbocycles. The van der Waals surface area contributed by atoms with Gasteiger partial charge < -0.3 is 15.4 Å². The lowest BCUT2D eigenvalue weighted by molar-refractivity contribution is -0.274. The third-order valence-electron chi connectivity index (χ3n) is 4.05. The fraction of sp³-hybridized carbons (Fsp3) is 0.438. The molecular weight excluding hydrogens is 321 g/mol. The highest BCUT2D eigenvalue weighted by molar-refractivity contribution is 5.35. The molecule has 1 aliphatic heterocycles. The van der Waals surface area contributed by atoms with Crippen molar-refractivity contribution in [2.45, 2.75) is 25.9 Å². The Balaban J connectivity index is 1.51. The molecule has 3 rings (SSSR count). The van der Waals surface area contributed by atoms with Crippen molar-refractivity contribution in [2.75, 3.05) is 18.4 Å². The monoisotopic (exact) mass is 340 g/mol. The second-order valence-corrected chi connectivity index (χ2v) is 5.89. The number of ether oxygens (including phenoxy) is 1. The van der Waals surface area contributed by atoms with E-state index in [1.807, 2.05) is 17.7 Å². The number of rotatable bonds is 5. The van der Waals surface area contributed by atoms with Crippen molar-refractivity contribution >= 4 is 5.82 Å². The van der Waals surface area contributed by atoms with Crippen LogP contribution in [0.2, 0.25) is 0 Å². The minimum Gasteiger partial charge on any atom is -0.406 e. The minimum absolute atomic E-state index is 0.0314. The summed E-state index contributed by atoms with van der Waals surface area (Å²) in [7, 11) is 0. The molecule has 0 amide bonds. The average molecular weight is 340 g/mol. The van der Waals surface area contributed by atoms with E-state index in [0.29, 0.717) is 5.92 Å². The van der Waals surface area contributed by atoms with Crippen LogP contribution in [0.4, 0.5) is 19.0 Å². The molecule has 0 radical (unpaired) electrons. The zero-order chi connectivity index (χ0) is 17.2. The Morgan fingerprint density at radius 1 is 1.33 bits per heavy atom. The number of hydrogen-bond donors (Lipinski definition) is 2. The van der Waals surface area contributed by atoms with E-state index in [0.717, 1.165) is 31.0 Å². The van der Waals surface area contributed by atoms with Gasteiger partial charge in [0, 0.05) is 37.7 Å². The van der Waals surface area contributed by atoms with Gasteiger partial charge in [-0.15, -0.1) is 13.2 Å². The largest absolute Gasteiger partial charge is 0.573 e. The van der Waals surface area contributed by atoms with Crippen LogP contribution in [0.15, 0.2) is 36.5 Å². The van der Waals surface area contributed by atoms with Gasteiger partial charge in [0.15, 0.2) is 0 Å². The molecule has 0 spiro atoms. The van der Waals surface area contributed by atoms with Gasteiger partial charge >= 0.3 is 6.36 Å². The molecular formula is C16H19F3N4O. The van der Waals surface area contributed by atoms with E-state index in [1.165, 1.54) is 12.1 Å². The lowest BCUT2D eigenvalue weighted by atomic mass is 10.1. The van der Waals surface area contributed by atoms with Gasteiger partial charge in [-0.25, -0.2) is 4.68 Å². The highest BCUT2D eigenvalue weighted by atomic mass is 19.4. The fourth-order valence-corrected chi connectivity index (χ4v) is 2.74. The van der Waals surface area contributed by atoms with Crippen LogP contribution in [0.5, 0.6) is 5.75 Å². The number of fused-ring (bicyclic) bond motifs is 1. The molecule has 0 bridgehead atoms. The van der Waals surface area contributed by atoms with E-state index >= 15 is 0 Å². The molecule has 130 valence electrons. The van der Waals surface area contributed by atoms with Gasteiger partial charge in [-0.1, -0.05) is 12.1 Å². The number of alkyl halides is 3. The summed E-state index contributed by atoms with van der Waals surface area (Å²) in [6.45, 7) is 4.47. The first kappa shape index (κ1) is 16.6. The quantitative estimate of drug-likeness (QED) is 0.878. The smallest absolute Gasteiger partial charge is 0.406 e. The number of benzene rings is 1. The van der Waals surface area contributed by atoms with Gasteiger partial charge in [0.2, 0.25) is 0 Å². The van der Waals surface area contributed by atoms with Crippen LogP contribution in [0.25, 0.3) is 0 Å². The molecule has 1 aromatic carbocycles. The summed E-state index contributed by atoms with van der Waals surface area (Å²) in [6.07, 6.45) is -2.89. The molecule has 1 aliphatic rings. The van der Waals surface area contributed by atoms with Crippen molar-refractivity contribution in [3.8, 4) is 5.75 Å². The first-order valence-electron chi connectivity index (χ1n) is 7.75. The van der Waals surface area contributed by atoms with Gasteiger partial charge in [0.05, 0.1) is 6.20 Å². The molecule has 1 aromatic heterocycles. The SMILES string of the molecule is CC(NCC1CNc2ccnn2C1)c1ccc(OC(F)(F)F)cc1. The second kappa shape index (κ2) is 6.72. The summed E-state index contributed by atoms with van der Waals surface area (Å²) in [5, 5.41) is 11.0. The number of halogens is 3. The predicted octanol–water partition coefficient (Wildman–Crippen LogP) is 3.17. The topological polar surface area (TPSA) is 51.1 Å². The molecule has 2 unspecified atom stereocenters. The van der Waals surface area contributed by atoms with Gasteiger partial charge in [0.25, 0.3) is 0 Å². The maximum atomic E-state index is 12.2. The Morgan fingerprint density at radius 2 is 2.08 bits per heavy atom. The van der Waals surface area contributed by atoms with Crippen molar-refractivity contribution in [1.82, 2.24) is 15.1 Å². The lowest BCUT2D eigenvalue weighted by Gasteiger charge is -2.26. The Bertz CT molecular complexity index is 669. The number of anilines is 1. The first-order valence-corrected chi connectivity index (χ1v) is 7.75. The maximum Gasteiger partial charge on any atom is 0.573 e. The van der Waals surface area contributed by atoms with E-state index in [2.05, 4.69) is 20.5 Å². The minimum atomic E-state index is -4.66. The standard InChI is InChI=1S/C16H19F3N4O/c1-11(13-2-4-14(5-3-13)24-16(17,18)19)20-8-12-9-21-15-6-7-22-23(15)10-12/h2-7,11-12,20-21H,8-10H2,1H3. The molecule has 2 atom stereocenters. The normalized spacial score (nSPS) is 18.6. The van der Waals surface area contributed by atoms with Crippen LogP contribution in [-0.2, 0) is 6.54 Å². The number of nitrogens with zero attached hydrogens (tertiary/aromatic N) is 2. The van der Waals surface area contributed by atoms with Crippen molar-refractivity contribution in [3.05, 3.63) is 42.1 Å². The Kier molecular flexibility index (Phi) is 4.66. The zero-order valence-corrected chi connectivity index (χ0v) is 13.2.